The fourth-order valence-electron chi connectivity index (χ4n) is 4.32. The number of nitrogens with one attached hydrogen (secondary N) is 1. The maximum atomic E-state index is 13.8. The highest BCUT2D eigenvalue weighted by molar-refractivity contribution is 7.99. The van der Waals surface area contributed by atoms with Gasteiger partial charge in [-0.05, 0) is 67.6 Å². The Morgan fingerprint density at radius 2 is 1.78 bits per heavy atom. The normalized spacial score (nSPS) is 13.8. The van der Waals surface area contributed by atoms with Gasteiger partial charge in [0.2, 0.25) is 15.9 Å². The van der Waals surface area contributed by atoms with Gasteiger partial charge in [0.15, 0.2) is 5.16 Å². The third kappa shape index (κ3) is 5.10. The quantitative estimate of drug-likeness (QED) is 0.216. The molecule has 0 saturated carbocycles. The molecule has 0 bridgehead atoms. The number of aromatic nitrogens is 2. The predicted molar refractivity (Wildman–Crippen MR) is 144 cm³/mol. The molecule has 0 unspecified atom stereocenters. The van der Waals surface area contributed by atoms with Crippen molar-refractivity contribution in [2.24, 2.45) is 5.14 Å². The summed E-state index contributed by atoms with van der Waals surface area (Å²) in [5, 5.41) is 9.01. The molecular formula is C25H24N4O4S3. The van der Waals surface area contributed by atoms with Gasteiger partial charge in [-0.2, -0.15) is 0 Å². The fraction of sp³-hybridized carbons (Fsp3) is 0.240. The molecule has 0 saturated heterocycles. The molecule has 5 rings (SSSR count). The molecule has 0 spiro atoms. The van der Waals surface area contributed by atoms with Crippen molar-refractivity contribution in [2.45, 2.75) is 42.2 Å². The van der Waals surface area contributed by atoms with Crippen LogP contribution in [-0.4, -0.2) is 29.6 Å². The first-order chi connectivity index (χ1) is 17.3. The van der Waals surface area contributed by atoms with Crippen molar-refractivity contribution < 1.29 is 13.2 Å². The number of carbonyl (C=O) groups is 1. The lowest BCUT2D eigenvalue weighted by Gasteiger charge is -2.13. The zero-order chi connectivity index (χ0) is 25.3. The molecule has 1 aliphatic carbocycles. The second-order valence-corrected chi connectivity index (χ2v) is 12.1. The van der Waals surface area contributed by atoms with Crippen LogP contribution in [0.15, 0.2) is 69.4 Å². The Bertz CT molecular complexity index is 1590. The van der Waals surface area contributed by atoms with Gasteiger partial charge in [-0.15, -0.1) is 11.3 Å². The van der Waals surface area contributed by atoms with E-state index < -0.39 is 10.0 Å². The number of rotatable bonds is 6. The number of nitrogens with two attached hydrogens (primary N) is 1. The number of para-hydroxylation sites is 1. The van der Waals surface area contributed by atoms with Crippen molar-refractivity contribution in [1.29, 1.82) is 0 Å². The van der Waals surface area contributed by atoms with Gasteiger partial charge in [0, 0.05) is 10.6 Å². The fourth-order valence-corrected chi connectivity index (χ4v) is 6.95. The molecule has 0 fully saturated rings. The van der Waals surface area contributed by atoms with Crippen LogP contribution < -0.4 is 16.0 Å². The Balaban J connectivity index is 1.45. The molecular weight excluding hydrogens is 517 g/mol. The van der Waals surface area contributed by atoms with E-state index in [0.717, 1.165) is 42.5 Å². The molecule has 186 valence electrons. The molecule has 0 aliphatic heterocycles. The number of benzene rings is 2. The van der Waals surface area contributed by atoms with Gasteiger partial charge in [-0.25, -0.2) is 18.5 Å². The number of hydrogen-bond donors (Lipinski definition) is 2. The summed E-state index contributed by atoms with van der Waals surface area (Å²) < 4.78 is 24.5. The van der Waals surface area contributed by atoms with Crippen LogP contribution in [0.1, 0.15) is 29.7 Å². The highest BCUT2D eigenvalue weighted by atomic mass is 32.2. The van der Waals surface area contributed by atoms with Gasteiger partial charge in [-0.3, -0.25) is 14.2 Å². The highest BCUT2D eigenvalue weighted by Crippen LogP contribution is 2.34. The van der Waals surface area contributed by atoms with Gasteiger partial charge < -0.3 is 5.32 Å². The zero-order valence-electron chi connectivity index (χ0n) is 19.3. The number of fused-ring (bicyclic) bond motifs is 3. The van der Waals surface area contributed by atoms with Crippen LogP contribution in [-0.2, 0) is 27.7 Å². The molecule has 0 atom stereocenters. The molecule has 2 aromatic carbocycles. The van der Waals surface area contributed by atoms with E-state index in [1.54, 1.807) is 15.9 Å². The van der Waals surface area contributed by atoms with E-state index in [-0.39, 0.29) is 22.1 Å². The van der Waals surface area contributed by atoms with E-state index in [4.69, 9.17) is 10.1 Å². The summed E-state index contributed by atoms with van der Waals surface area (Å²) in [5.74, 6) is -0.286. The molecule has 1 aliphatic rings. The maximum Gasteiger partial charge on any atom is 0.267 e. The summed E-state index contributed by atoms with van der Waals surface area (Å²) in [4.78, 5) is 33.3. The van der Waals surface area contributed by atoms with Crippen LogP contribution >= 0.6 is 23.1 Å². The summed E-state index contributed by atoms with van der Waals surface area (Å²) >= 11 is 2.77. The SMILES string of the molecule is NS(=O)(=O)c1ccc(NC(=O)CSc2nc3sc4c(c3c(=O)n2-c2ccccc2)CCCCC4)cc1. The lowest BCUT2D eigenvalue weighted by Crippen LogP contribution is -2.23. The van der Waals surface area contributed by atoms with E-state index in [1.165, 1.54) is 40.9 Å². The molecule has 11 heteroatoms. The van der Waals surface area contributed by atoms with Crippen LogP contribution in [0.3, 0.4) is 0 Å². The molecule has 8 nitrogen and oxygen atoms in total. The average molecular weight is 541 g/mol. The third-order valence-electron chi connectivity index (χ3n) is 6.02. The van der Waals surface area contributed by atoms with Crippen molar-refractivity contribution in [3.05, 3.63) is 75.4 Å². The molecule has 1 amide bonds. The van der Waals surface area contributed by atoms with E-state index in [9.17, 15) is 18.0 Å². The second kappa shape index (κ2) is 10.2. The minimum absolute atomic E-state index is 0.0206. The number of sulfonamides is 1. The van der Waals surface area contributed by atoms with E-state index in [2.05, 4.69) is 5.32 Å². The number of hydrogen-bond acceptors (Lipinski definition) is 7. The Kier molecular flexibility index (Phi) is 6.98. The van der Waals surface area contributed by atoms with Crippen molar-refractivity contribution in [3.63, 3.8) is 0 Å². The summed E-state index contributed by atoms with van der Waals surface area (Å²) in [6.45, 7) is 0. The van der Waals surface area contributed by atoms with E-state index in [1.807, 2.05) is 30.3 Å². The van der Waals surface area contributed by atoms with E-state index in [0.29, 0.717) is 21.9 Å². The summed E-state index contributed by atoms with van der Waals surface area (Å²) in [6.07, 6.45) is 5.21. The first-order valence-corrected chi connectivity index (χ1v) is 14.8. The average Bonchev–Trinajstić information content (AvgIpc) is 3.04. The van der Waals surface area contributed by atoms with Crippen LogP contribution in [0.2, 0.25) is 0 Å². The topological polar surface area (TPSA) is 124 Å². The molecule has 4 aromatic rings. The largest absolute Gasteiger partial charge is 0.325 e. The number of aryl methyl sites for hydroxylation is 2. The number of amides is 1. The van der Waals surface area contributed by atoms with Crippen LogP contribution in [0, 0.1) is 0 Å². The lowest BCUT2D eigenvalue weighted by molar-refractivity contribution is -0.113. The number of thiophene rings is 1. The summed E-state index contributed by atoms with van der Waals surface area (Å²) in [6, 6.07) is 15.0. The maximum absolute atomic E-state index is 13.8. The highest BCUT2D eigenvalue weighted by Gasteiger charge is 2.22. The van der Waals surface area contributed by atoms with Gasteiger partial charge in [-0.1, -0.05) is 36.4 Å². The third-order valence-corrected chi connectivity index (χ3v) is 9.08. The Morgan fingerprint density at radius 3 is 2.50 bits per heavy atom. The van der Waals surface area contributed by atoms with Crippen LogP contribution in [0.5, 0.6) is 0 Å². The minimum Gasteiger partial charge on any atom is -0.325 e. The molecule has 0 radical (unpaired) electrons. The first kappa shape index (κ1) is 24.7. The Morgan fingerprint density at radius 1 is 1.06 bits per heavy atom. The smallest absolute Gasteiger partial charge is 0.267 e. The van der Waals surface area contributed by atoms with E-state index >= 15 is 0 Å². The monoisotopic (exact) mass is 540 g/mol. The van der Waals surface area contributed by atoms with Crippen molar-refractivity contribution in [3.8, 4) is 5.69 Å². The Hall–Kier alpha value is -2.99. The molecule has 2 aromatic heterocycles. The standard InChI is InChI=1S/C25H24N4O4S3/c26-36(32,33)18-13-11-16(12-14-18)27-21(30)15-34-25-28-23-22(19-9-5-2-6-10-20(19)35-23)24(31)29(25)17-7-3-1-4-8-17/h1,3-4,7-8,11-14H,2,5-6,9-10,15H2,(H,27,30)(H2,26,32,33). The van der Waals surface area contributed by atoms with Crippen molar-refractivity contribution in [1.82, 2.24) is 9.55 Å². The number of carbonyl (C=O) groups excluding carboxylic acids is 1. The molecule has 3 N–H and O–H groups in total. The first-order valence-electron chi connectivity index (χ1n) is 11.5. The summed E-state index contributed by atoms with van der Waals surface area (Å²) in [5.41, 5.74) is 2.17. The van der Waals surface area contributed by atoms with Crippen molar-refractivity contribution in [2.75, 3.05) is 11.1 Å². The predicted octanol–water partition coefficient (Wildman–Crippen LogP) is 4.09. The van der Waals surface area contributed by atoms with Crippen LogP contribution in [0.25, 0.3) is 15.9 Å². The molecule has 36 heavy (non-hydrogen) atoms. The zero-order valence-corrected chi connectivity index (χ0v) is 21.7. The number of anilines is 1. The second-order valence-electron chi connectivity index (χ2n) is 8.52. The van der Waals surface area contributed by atoms with Crippen LogP contribution in [0.4, 0.5) is 5.69 Å². The van der Waals surface area contributed by atoms with Crippen molar-refractivity contribution >= 4 is 54.9 Å². The van der Waals surface area contributed by atoms with Gasteiger partial charge in [0.05, 0.1) is 21.7 Å². The Labute approximate surface area is 216 Å². The van der Waals surface area contributed by atoms with Gasteiger partial charge in [0.25, 0.3) is 5.56 Å². The van der Waals surface area contributed by atoms with Gasteiger partial charge in [0.1, 0.15) is 4.83 Å². The molecule has 2 heterocycles. The number of nitrogens with zero attached hydrogens (tertiary/aromatic N) is 2. The minimum atomic E-state index is -3.81. The van der Waals surface area contributed by atoms with Gasteiger partial charge >= 0.3 is 0 Å². The number of primary sulfonamides is 1. The summed E-state index contributed by atoms with van der Waals surface area (Å²) in [7, 11) is -3.81. The lowest BCUT2D eigenvalue weighted by atomic mass is 10.1. The number of thioether (sulfide) groups is 1.